The average Bonchev–Trinajstić information content (AvgIpc) is 2.47. The Morgan fingerprint density at radius 1 is 1.11 bits per heavy atom. The number of ether oxygens (including phenoxy) is 2. The molecule has 1 aliphatic heterocycles. The smallest absolute Gasteiger partial charge is 0.127 e. The van der Waals surface area contributed by atoms with Crippen molar-refractivity contribution < 1.29 is 9.47 Å². The number of rotatable bonds is 2. The fourth-order valence-corrected chi connectivity index (χ4v) is 2.31. The van der Waals surface area contributed by atoms with Crippen molar-refractivity contribution >= 4 is 16.3 Å². The summed E-state index contributed by atoms with van der Waals surface area (Å²) in [4.78, 5) is 0. The zero-order valence-corrected chi connectivity index (χ0v) is 10.2. The Hall–Kier alpha value is -2.22. The summed E-state index contributed by atoms with van der Waals surface area (Å²) in [5.41, 5.74) is 2.27. The molecule has 0 saturated heterocycles. The van der Waals surface area contributed by atoms with Crippen molar-refractivity contribution in [2.75, 3.05) is 13.7 Å². The maximum absolute atomic E-state index is 5.49. The molecule has 2 aromatic carbocycles. The predicted octanol–water partition coefficient (Wildman–Crippen LogP) is 3.78. The van der Waals surface area contributed by atoms with Gasteiger partial charge in [-0.15, -0.1) is 0 Å². The molecular formula is C16H14O2. The molecule has 0 spiro atoms. The average molecular weight is 238 g/mol. The molecule has 2 heteroatoms. The van der Waals surface area contributed by atoms with Gasteiger partial charge in [-0.25, -0.2) is 0 Å². The van der Waals surface area contributed by atoms with Crippen LogP contribution in [0.2, 0.25) is 0 Å². The Morgan fingerprint density at radius 3 is 2.78 bits per heavy atom. The van der Waals surface area contributed by atoms with E-state index in [9.17, 15) is 0 Å². The first-order valence-corrected chi connectivity index (χ1v) is 5.93. The largest absolute Gasteiger partial charge is 0.496 e. The van der Waals surface area contributed by atoms with Crippen molar-refractivity contribution in [2.24, 2.45) is 0 Å². The maximum Gasteiger partial charge on any atom is 0.127 e. The Bertz CT molecular complexity index is 639. The van der Waals surface area contributed by atoms with Crippen LogP contribution in [-0.2, 0) is 4.74 Å². The van der Waals surface area contributed by atoms with Gasteiger partial charge in [0.1, 0.15) is 12.4 Å². The monoisotopic (exact) mass is 238 g/mol. The number of fused-ring (bicyclic) bond motifs is 1. The minimum absolute atomic E-state index is 0.584. The second-order valence-corrected chi connectivity index (χ2v) is 4.20. The highest BCUT2D eigenvalue weighted by atomic mass is 16.5. The molecule has 0 saturated carbocycles. The zero-order valence-electron chi connectivity index (χ0n) is 10.2. The quantitative estimate of drug-likeness (QED) is 0.792. The highest BCUT2D eigenvalue weighted by molar-refractivity contribution is 5.97. The van der Waals surface area contributed by atoms with Crippen molar-refractivity contribution in [3.63, 3.8) is 0 Å². The van der Waals surface area contributed by atoms with E-state index in [1.807, 2.05) is 24.3 Å². The van der Waals surface area contributed by atoms with Gasteiger partial charge in [-0.3, -0.25) is 0 Å². The SMILES string of the molecule is COc1ccc2ccccc2c1C1=CC=COC1. The van der Waals surface area contributed by atoms with Gasteiger partial charge in [0.2, 0.25) is 0 Å². The molecule has 0 atom stereocenters. The van der Waals surface area contributed by atoms with E-state index in [-0.39, 0.29) is 0 Å². The summed E-state index contributed by atoms with van der Waals surface area (Å²) in [7, 11) is 1.70. The predicted molar refractivity (Wildman–Crippen MR) is 73.6 cm³/mol. The first-order chi connectivity index (χ1) is 8.90. The molecule has 0 radical (unpaired) electrons. The summed E-state index contributed by atoms with van der Waals surface area (Å²) in [6.07, 6.45) is 5.70. The molecule has 1 heterocycles. The molecule has 0 unspecified atom stereocenters. The fraction of sp³-hybridized carbons (Fsp3) is 0.125. The van der Waals surface area contributed by atoms with Gasteiger partial charge in [-0.05, 0) is 22.9 Å². The third kappa shape index (κ3) is 1.76. The summed E-state index contributed by atoms with van der Waals surface area (Å²) in [5, 5.41) is 2.41. The van der Waals surface area contributed by atoms with E-state index in [2.05, 4.69) is 24.3 Å². The van der Waals surface area contributed by atoms with Crippen molar-refractivity contribution in [1.29, 1.82) is 0 Å². The summed E-state index contributed by atoms with van der Waals surface area (Å²) >= 11 is 0. The Labute approximate surface area is 106 Å². The molecular weight excluding hydrogens is 224 g/mol. The molecule has 90 valence electrons. The van der Waals surface area contributed by atoms with Crippen LogP contribution in [0.1, 0.15) is 5.56 Å². The van der Waals surface area contributed by atoms with Crippen molar-refractivity contribution in [3.8, 4) is 5.75 Å². The molecule has 1 aliphatic rings. The van der Waals surface area contributed by atoms with Crippen molar-refractivity contribution in [1.82, 2.24) is 0 Å². The van der Waals surface area contributed by atoms with Crippen molar-refractivity contribution in [2.45, 2.75) is 0 Å². The Morgan fingerprint density at radius 2 is 2.00 bits per heavy atom. The highest BCUT2D eigenvalue weighted by Crippen LogP contribution is 2.34. The van der Waals surface area contributed by atoms with Gasteiger partial charge in [-0.1, -0.05) is 36.4 Å². The first kappa shape index (κ1) is 10.9. The summed E-state index contributed by atoms with van der Waals surface area (Å²) < 4.78 is 10.9. The lowest BCUT2D eigenvalue weighted by Crippen LogP contribution is -2.00. The molecule has 0 amide bonds. The summed E-state index contributed by atoms with van der Waals surface area (Å²) in [6, 6.07) is 12.4. The third-order valence-electron chi connectivity index (χ3n) is 3.14. The van der Waals surface area contributed by atoms with Crippen LogP contribution in [0.5, 0.6) is 5.75 Å². The first-order valence-electron chi connectivity index (χ1n) is 5.93. The lowest BCUT2D eigenvalue weighted by Gasteiger charge is -2.16. The molecule has 0 bridgehead atoms. The van der Waals surface area contributed by atoms with Crippen LogP contribution in [0, 0.1) is 0 Å². The standard InChI is InChI=1S/C16H14O2/c1-17-15-9-8-12-5-2-3-7-14(12)16(15)13-6-4-10-18-11-13/h2-10H,11H2,1H3. The lowest BCUT2D eigenvalue weighted by molar-refractivity contribution is 0.292. The second kappa shape index (κ2) is 4.57. The number of hydrogen-bond acceptors (Lipinski definition) is 2. The van der Waals surface area contributed by atoms with E-state index in [0.29, 0.717) is 6.61 Å². The van der Waals surface area contributed by atoms with E-state index in [1.54, 1.807) is 13.4 Å². The summed E-state index contributed by atoms with van der Waals surface area (Å²) in [6.45, 7) is 0.584. The second-order valence-electron chi connectivity index (χ2n) is 4.20. The van der Waals surface area contributed by atoms with Gasteiger partial charge < -0.3 is 9.47 Å². The van der Waals surface area contributed by atoms with Crippen LogP contribution in [0.3, 0.4) is 0 Å². The minimum atomic E-state index is 0.584. The molecule has 2 nitrogen and oxygen atoms in total. The Balaban J connectivity index is 2.30. The number of allylic oxidation sites excluding steroid dienone is 2. The van der Waals surface area contributed by atoms with Crippen LogP contribution >= 0.6 is 0 Å². The van der Waals surface area contributed by atoms with Gasteiger partial charge in [0.15, 0.2) is 0 Å². The van der Waals surface area contributed by atoms with Gasteiger partial charge in [-0.2, -0.15) is 0 Å². The fourth-order valence-electron chi connectivity index (χ4n) is 2.31. The van der Waals surface area contributed by atoms with E-state index in [0.717, 1.165) is 16.9 Å². The van der Waals surface area contributed by atoms with E-state index >= 15 is 0 Å². The van der Waals surface area contributed by atoms with Gasteiger partial charge in [0.05, 0.1) is 13.4 Å². The summed E-state index contributed by atoms with van der Waals surface area (Å²) in [5.74, 6) is 0.888. The molecule has 3 rings (SSSR count). The van der Waals surface area contributed by atoms with E-state index in [1.165, 1.54) is 10.8 Å². The normalized spacial score (nSPS) is 14.2. The van der Waals surface area contributed by atoms with Crippen LogP contribution < -0.4 is 4.74 Å². The minimum Gasteiger partial charge on any atom is -0.496 e. The number of hydrogen-bond donors (Lipinski definition) is 0. The van der Waals surface area contributed by atoms with E-state index < -0.39 is 0 Å². The van der Waals surface area contributed by atoms with Crippen molar-refractivity contribution in [3.05, 3.63) is 60.4 Å². The molecule has 0 aromatic heterocycles. The lowest BCUT2D eigenvalue weighted by atomic mass is 9.96. The topological polar surface area (TPSA) is 18.5 Å². The van der Waals surface area contributed by atoms with Gasteiger partial charge >= 0.3 is 0 Å². The number of benzene rings is 2. The molecule has 2 aromatic rings. The molecule has 0 fully saturated rings. The highest BCUT2D eigenvalue weighted by Gasteiger charge is 2.13. The third-order valence-corrected chi connectivity index (χ3v) is 3.14. The molecule has 0 N–H and O–H groups in total. The molecule has 0 aliphatic carbocycles. The zero-order chi connectivity index (χ0) is 12.4. The number of methoxy groups -OCH3 is 1. The van der Waals surface area contributed by atoms with Crippen LogP contribution in [0.15, 0.2) is 54.8 Å². The van der Waals surface area contributed by atoms with Crippen LogP contribution in [0.4, 0.5) is 0 Å². The molecule has 18 heavy (non-hydrogen) atoms. The van der Waals surface area contributed by atoms with E-state index in [4.69, 9.17) is 9.47 Å². The van der Waals surface area contributed by atoms with Gasteiger partial charge in [0, 0.05) is 11.1 Å². The van der Waals surface area contributed by atoms with Crippen LogP contribution in [0.25, 0.3) is 16.3 Å². The van der Waals surface area contributed by atoms with Gasteiger partial charge in [0.25, 0.3) is 0 Å². The maximum atomic E-state index is 5.49. The van der Waals surface area contributed by atoms with Crippen LogP contribution in [-0.4, -0.2) is 13.7 Å². The Kier molecular flexibility index (Phi) is 2.77.